The predicted octanol–water partition coefficient (Wildman–Crippen LogP) is 1.10. The van der Waals surface area contributed by atoms with Gasteiger partial charge in [0.25, 0.3) is 5.91 Å². The second kappa shape index (κ2) is 3.26. The van der Waals surface area contributed by atoms with Crippen LogP contribution in [0.5, 0.6) is 5.75 Å². The molecule has 64 valence electrons. The molecular formula is C9H11NO2. The normalized spacial score (nSPS) is 9.50. The van der Waals surface area contributed by atoms with Crippen LogP contribution >= 0.6 is 0 Å². The Kier molecular flexibility index (Phi) is 2.33. The van der Waals surface area contributed by atoms with Gasteiger partial charge in [-0.2, -0.15) is 0 Å². The fraction of sp³-hybridized carbons (Fsp3) is 0.222. The maximum Gasteiger partial charge on any atom is 0.252 e. The van der Waals surface area contributed by atoms with Gasteiger partial charge in [-0.25, -0.2) is 0 Å². The minimum atomic E-state index is -0.454. The van der Waals surface area contributed by atoms with Crippen molar-refractivity contribution in [3.8, 4) is 5.75 Å². The number of carbonyl (C=O) groups excluding carboxylic acids is 1. The molecule has 1 rings (SSSR count). The van der Waals surface area contributed by atoms with Crippen LogP contribution in [-0.4, -0.2) is 13.0 Å². The molecule has 0 saturated heterocycles. The summed E-state index contributed by atoms with van der Waals surface area (Å²) in [6.07, 6.45) is 0. The highest BCUT2D eigenvalue weighted by molar-refractivity contribution is 5.97. The molecular weight excluding hydrogens is 154 g/mol. The summed E-state index contributed by atoms with van der Waals surface area (Å²) in [7, 11) is 1.52. The quantitative estimate of drug-likeness (QED) is 0.713. The summed E-state index contributed by atoms with van der Waals surface area (Å²) >= 11 is 0. The van der Waals surface area contributed by atoms with Gasteiger partial charge in [0, 0.05) is 0 Å². The molecule has 0 aromatic heterocycles. The van der Waals surface area contributed by atoms with Gasteiger partial charge in [0.15, 0.2) is 0 Å². The Morgan fingerprint density at radius 3 is 2.58 bits per heavy atom. The molecule has 0 heterocycles. The summed E-state index contributed by atoms with van der Waals surface area (Å²) in [6, 6.07) is 5.36. The van der Waals surface area contributed by atoms with Crippen LogP contribution in [0.15, 0.2) is 18.2 Å². The predicted molar refractivity (Wildman–Crippen MR) is 46.2 cm³/mol. The number of carbonyl (C=O) groups is 1. The zero-order valence-corrected chi connectivity index (χ0v) is 7.13. The Balaban J connectivity index is 3.29. The third-order valence-electron chi connectivity index (χ3n) is 1.70. The SMILES string of the molecule is COc1cccc(C)c1C(N)=O. The van der Waals surface area contributed by atoms with Crippen LogP contribution in [0, 0.1) is 6.92 Å². The molecule has 2 N–H and O–H groups in total. The van der Waals surface area contributed by atoms with Crippen molar-refractivity contribution in [2.24, 2.45) is 5.73 Å². The van der Waals surface area contributed by atoms with Gasteiger partial charge in [0.2, 0.25) is 0 Å². The van der Waals surface area contributed by atoms with Crippen molar-refractivity contribution >= 4 is 5.91 Å². The molecule has 1 amide bonds. The molecule has 1 aromatic rings. The highest BCUT2D eigenvalue weighted by Crippen LogP contribution is 2.20. The third-order valence-corrected chi connectivity index (χ3v) is 1.70. The molecule has 1 aromatic carbocycles. The monoisotopic (exact) mass is 165 g/mol. The summed E-state index contributed by atoms with van der Waals surface area (Å²) < 4.78 is 4.99. The van der Waals surface area contributed by atoms with Crippen LogP contribution in [0.3, 0.4) is 0 Å². The van der Waals surface area contributed by atoms with Crippen molar-refractivity contribution in [3.05, 3.63) is 29.3 Å². The summed E-state index contributed by atoms with van der Waals surface area (Å²) in [4.78, 5) is 10.9. The van der Waals surface area contributed by atoms with Crippen LogP contribution < -0.4 is 10.5 Å². The van der Waals surface area contributed by atoms with Crippen LogP contribution in [0.1, 0.15) is 15.9 Å². The Morgan fingerprint density at radius 2 is 2.17 bits per heavy atom. The fourth-order valence-corrected chi connectivity index (χ4v) is 1.13. The van der Waals surface area contributed by atoms with E-state index in [2.05, 4.69) is 0 Å². The zero-order chi connectivity index (χ0) is 9.14. The number of benzene rings is 1. The first-order valence-corrected chi connectivity index (χ1v) is 3.60. The number of amides is 1. The van der Waals surface area contributed by atoms with Gasteiger partial charge in [-0.15, -0.1) is 0 Å². The van der Waals surface area contributed by atoms with E-state index in [0.717, 1.165) is 5.56 Å². The van der Waals surface area contributed by atoms with Gasteiger partial charge in [-0.3, -0.25) is 4.79 Å². The molecule has 0 spiro atoms. The van der Waals surface area contributed by atoms with E-state index in [4.69, 9.17) is 10.5 Å². The number of hydrogen-bond donors (Lipinski definition) is 1. The average molecular weight is 165 g/mol. The maximum atomic E-state index is 10.9. The summed E-state index contributed by atoms with van der Waals surface area (Å²) in [5.41, 5.74) is 6.47. The van der Waals surface area contributed by atoms with E-state index in [1.54, 1.807) is 6.07 Å². The molecule has 3 nitrogen and oxygen atoms in total. The zero-order valence-electron chi connectivity index (χ0n) is 7.13. The Morgan fingerprint density at radius 1 is 1.50 bits per heavy atom. The second-order valence-electron chi connectivity index (χ2n) is 2.52. The van der Waals surface area contributed by atoms with E-state index in [1.807, 2.05) is 19.1 Å². The van der Waals surface area contributed by atoms with Crippen molar-refractivity contribution in [1.82, 2.24) is 0 Å². The minimum absolute atomic E-state index is 0.454. The first-order chi connectivity index (χ1) is 5.66. The maximum absolute atomic E-state index is 10.9. The van der Waals surface area contributed by atoms with E-state index >= 15 is 0 Å². The number of ether oxygens (including phenoxy) is 1. The molecule has 0 radical (unpaired) electrons. The van der Waals surface area contributed by atoms with E-state index in [-0.39, 0.29) is 0 Å². The van der Waals surface area contributed by atoms with E-state index < -0.39 is 5.91 Å². The highest BCUT2D eigenvalue weighted by atomic mass is 16.5. The number of methoxy groups -OCH3 is 1. The number of nitrogens with two attached hydrogens (primary N) is 1. The molecule has 0 saturated carbocycles. The second-order valence-corrected chi connectivity index (χ2v) is 2.52. The standard InChI is InChI=1S/C9H11NO2/c1-6-4-3-5-7(12-2)8(6)9(10)11/h3-5H,1-2H3,(H2,10,11). The first kappa shape index (κ1) is 8.59. The first-order valence-electron chi connectivity index (χ1n) is 3.60. The van der Waals surface area contributed by atoms with Gasteiger partial charge < -0.3 is 10.5 Å². The smallest absolute Gasteiger partial charge is 0.252 e. The van der Waals surface area contributed by atoms with Crippen LogP contribution in [0.2, 0.25) is 0 Å². The molecule has 12 heavy (non-hydrogen) atoms. The van der Waals surface area contributed by atoms with E-state index in [9.17, 15) is 4.79 Å². The Labute approximate surface area is 71.1 Å². The van der Waals surface area contributed by atoms with Crippen molar-refractivity contribution in [2.75, 3.05) is 7.11 Å². The van der Waals surface area contributed by atoms with Gasteiger partial charge in [0.05, 0.1) is 12.7 Å². The molecule has 0 bridgehead atoms. The Hall–Kier alpha value is -1.51. The largest absolute Gasteiger partial charge is 0.496 e. The van der Waals surface area contributed by atoms with Crippen molar-refractivity contribution in [1.29, 1.82) is 0 Å². The number of aryl methyl sites for hydroxylation is 1. The van der Waals surface area contributed by atoms with Gasteiger partial charge in [-0.05, 0) is 18.6 Å². The van der Waals surface area contributed by atoms with Gasteiger partial charge >= 0.3 is 0 Å². The molecule has 0 aliphatic rings. The summed E-state index contributed by atoms with van der Waals surface area (Å²) in [5, 5.41) is 0. The van der Waals surface area contributed by atoms with Crippen LogP contribution in [-0.2, 0) is 0 Å². The van der Waals surface area contributed by atoms with Gasteiger partial charge in [-0.1, -0.05) is 12.1 Å². The van der Waals surface area contributed by atoms with E-state index in [1.165, 1.54) is 7.11 Å². The number of rotatable bonds is 2. The lowest BCUT2D eigenvalue weighted by Crippen LogP contribution is -2.14. The number of primary amides is 1. The molecule has 0 fully saturated rings. The molecule has 0 aliphatic heterocycles. The average Bonchev–Trinajstić information content (AvgIpc) is 2.03. The van der Waals surface area contributed by atoms with Gasteiger partial charge in [0.1, 0.15) is 5.75 Å². The molecule has 0 atom stereocenters. The molecule has 3 heteroatoms. The third kappa shape index (κ3) is 1.39. The lowest BCUT2D eigenvalue weighted by Gasteiger charge is -2.06. The van der Waals surface area contributed by atoms with Crippen LogP contribution in [0.4, 0.5) is 0 Å². The summed E-state index contributed by atoms with van der Waals surface area (Å²) in [5.74, 6) is 0.0763. The Bertz CT molecular complexity index is 307. The lowest BCUT2D eigenvalue weighted by atomic mass is 10.1. The van der Waals surface area contributed by atoms with E-state index in [0.29, 0.717) is 11.3 Å². The molecule has 0 aliphatic carbocycles. The minimum Gasteiger partial charge on any atom is -0.496 e. The van der Waals surface area contributed by atoms with Crippen molar-refractivity contribution in [3.63, 3.8) is 0 Å². The highest BCUT2D eigenvalue weighted by Gasteiger charge is 2.10. The lowest BCUT2D eigenvalue weighted by molar-refractivity contribution is 0.0997. The van der Waals surface area contributed by atoms with Crippen molar-refractivity contribution < 1.29 is 9.53 Å². The van der Waals surface area contributed by atoms with Crippen molar-refractivity contribution in [2.45, 2.75) is 6.92 Å². The number of hydrogen-bond acceptors (Lipinski definition) is 2. The van der Waals surface area contributed by atoms with Crippen LogP contribution in [0.25, 0.3) is 0 Å². The molecule has 0 unspecified atom stereocenters. The fourth-order valence-electron chi connectivity index (χ4n) is 1.13. The summed E-state index contributed by atoms with van der Waals surface area (Å²) in [6.45, 7) is 1.82. The topological polar surface area (TPSA) is 52.3 Å².